The van der Waals surface area contributed by atoms with Crippen LogP contribution in [-0.2, 0) is 0 Å². The zero-order valence-electron chi connectivity index (χ0n) is 9.52. The highest BCUT2D eigenvalue weighted by Gasteiger charge is 2.09. The van der Waals surface area contributed by atoms with Gasteiger partial charge in [-0.1, -0.05) is 41.9 Å². The molecule has 0 amide bonds. The van der Waals surface area contributed by atoms with Crippen molar-refractivity contribution >= 4 is 23.0 Å². The average Bonchev–Trinajstić information content (AvgIpc) is 2.35. The summed E-state index contributed by atoms with van der Waals surface area (Å²) in [5.41, 5.74) is 8.31. The molecule has 0 aliphatic rings. The monoisotopic (exact) mass is 247 g/mol. The van der Waals surface area contributed by atoms with E-state index in [9.17, 15) is 0 Å². The molecule has 4 heteroatoms. The molecule has 1 unspecified atom stereocenters. The molecule has 0 aliphatic carbocycles. The number of hydrogen-bond donors (Lipinski definition) is 2. The molecular formula is C13H14ClN3. The maximum Gasteiger partial charge on any atom is 0.0842 e. The van der Waals surface area contributed by atoms with Crippen LogP contribution in [0.15, 0.2) is 42.7 Å². The smallest absolute Gasteiger partial charge is 0.0842 e. The van der Waals surface area contributed by atoms with Crippen LogP contribution in [0.25, 0.3) is 0 Å². The van der Waals surface area contributed by atoms with Crippen LogP contribution in [0.3, 0.4) is 0 Å². The second-order valence-electron chi connectivity index (χ2n) is 3.86. The normalized spacial score (nSPS) is 12.1. The van der Waals surface area contributed by atoms with Crippen LogP contribution in [0.4, 0.5) is 11.4 Å². The van der Waals surface area contributed by atoms with Gasteiger partial charge in [0.15, 0.2) is 0 Å². The van der Waals surface area contributed by atoms with Crippen LogP contribution in [0.2, 0.25) is 5.02 Å². The van der Waals surface area contributed by atoms with Gasteiger partial charge < -0.3 is 11.1 Å². The van der Waals surface area contributed by atoms with E-state index in [1.54, 1.807) is 12.4 Å². The Labute approximate surface area is 106 Å². The van der Waals surface area contributed by atoms with Crippen LogP contribution in [0.5, 0.6) is 0 Å². The molecule has 17 heavy (non-hydrogen) atoms. The summed E-state index contributed by atoms with van der Waals surface area (Å²) in [6.07, 6.45) is 3.17. The third-order valence-corrected chi connectivity index (χ3v) is 2.88. The van der Waals surface area contributed by atoms with E-state index in [0.717, 1.165) is 5.69 Å². The molecule has 0 aliphatic heterocycles. The quantitative estimate of drug-likeness (QED) is 0.873. The molecule has 0 saturated carbocycles. The number of nitrogens with two attached hydrogens (primary N) is 1. The van der Waals surface area contributed by atoms with Gasteiger partial charge >= 0.3 is 0 Å². The number of pyridine rings is 1. The molecule has 1 aromatic carbocycles. The van der Waals surface area contributed by atoms with Crippen molar-refractivity contribution in [2.24, 2.45) is 0 Å². The third kappa shape index (κ3) is 2.68. The second-order valence-corrected chi connectivity index (χ2v) is 4.27. The third-order valence-electron chi connectivity index (χ3n) is 2.59. The molecule has 2 aromatic rings. The summed E-state index contributed by atoms with van der Waals surface area (Å²) in [4.78, 5) is 3.93. The van der Waals surface area contributed by atoms with Gasteiger partial charge in [-0.15, -0.1) is 0 Å². The summed E-state index contributed by atoms with van der Waals surface area (Å²) in [5, 5.41) is 3.83. The predicted molar refractivity (Wildman–Crippen MR) is 72.1 cm³/mol. The summed E-state index contributed by atoms with van der Waals surface area (Å²) in [6, 6.07) is 10.3. The minimum atomic E-state index is 0.137. The van der Waals surface area contributed by atoms with Crippen molar-refractivity contribution in [3.63, 3.8) is 0 Å². The standard InChI is InChI=1S/C13H14ClN3/c1-9(10-5-3-2-4-6-10)17-13-11(14)7-16-8-12(13)15/h2-9H,15H2,1H3,(H,16,17). The Bertz CT molecular complexity index is 479. The average molecular weight is 248 g/mol. The zero-order valence-corrected chi connectivity index (χ0v) is 10.3. The van der Waals surface area contributed by atoms with E-state index < -0.39 is 0 Å². The van der Waals surface area contributed by atoms with E-state index in [1.165, 1.54) is 5.56 Å². The fourth-order valence-electron chi connectivity index (χ4n) is 1.64. The van der Waals surface area contributed by atoms with E-state index in [4.69, 9.17) is 17.3 Å². The first-order chi connectivity index (χ1) is 8.18. The lowest BCUT2D eigenvalue weighted by atomic mass is 10.1. The number of aromatic nitrogens is 1. The Hall–Kier alpha value is -1.74. The van der Waals surface area contributed by atoms with Crippen molar-refractivity contribution in [3.05, 3.63) is 53.3 Å². The maximum absolute atomic E-state index is 6.06. The molecule has 1 atom stereocenters. The van der Waals surface area contributed by atoms with Gasteiger partial charge in [0.05, 0.1) is 22.6 Å². The Kier molecular flexibility index (Phi) is 3.49. The van der Waals surface area contributed by atoms with Crippen LogP contribution >= 0.6 is 11.6 Å². The number of nitrogens with zero attached hydrogens (tertiary/aromatic N) is 1. The van der Waals surface area contributed by atoms with Gasteiger partial charge in [-0.3, -0.25) is 4.98 Å². The molecule has 0 bridgehead atoms. The lowest BCUT2D eigenvalue weighted by Gasteiger charge is -2.17. The van der Waals surface area contributed by atoms with Gasteiger partial charge in [-0.25, -0.2) is 0 Å². The van der Waals surface area contributed by atoms with E-state index in [-0.39, 0.29) is 6.04 Å². The van der Waals surface area contributed by atoms with E-state index in [1.807, 2.05) is 18.2 Å². The van der Waals surface area contributed by atoms with Crippen molar-refractivity contribution in [3.8, 4) is 0 Å². The Balaban J connectivity index is 2.22. The molecule has 1 aromatic heterocycles. The maximum atomic E-state index is 6.06. The lowest BCUT2D eigenvalue weighted by Crippen LogP contribution is -2.09. The minimum absolute atomic E-state index is 0.137. The molecule has 3 N–H and O–H groups in total. The van der Waals surface area contributed by atoms with Crippen molar-refractivity contribution in [1.29, 1.82) is 0 Å². The van der Waals surface area contributed by atoms with E-state index in [0.29, 0.717) is 10.7 Å². The van der Waals surface area contributed by atoms with Gasteiger partial charge in [-0.05, 0) is 12.5 Å². The lowest BCUT2D eigenvalue weighted by molar-refractivity contribution is 0.885. The molecule has 0 radical (unpaired) electrons. The summed E-state index contributed by atoms with van der Waals surface area (Å²) < 4.78 is 0. The SMILES string of the molecule is CC(Nc1c(N)cncc1Cl)c1ccccc1. The first-order valence-corrected chi connectivity index (χ1v) is 5.76. The Morgan fingerprint density at radius 1 is 1.24 bits per heavy atom. The summed E-state index contributed by atoms with van der Waals surface area (Å²) >= 11 is 6.06. The Morgan fingerprint density at radius 3 is 2.59 bits per heavy atom. The molecule has 88 valence electrons. The van der Waals surface area contributed by atoms with Gasteiger partial charge in [-0.2, -0.15) is 0 Å². The highest BCUT2D eigenvalue weighted by molar-refractivity contribution is 6.33. The van der Waals surface area contributed by atoms with Crippen molar-refractivity contribution in [1.82, 2.24) is 4.98 Å². The fourth-order valence-corrected chi connectivity index (χ4v) is 1.86. The molecule has 1 heterocycles. The van der Waals surface area contributed by atoms with Crippen LogP contribution < -0.4 is 11.1 Å². The number of benzene rings is 1. The van der Waals surface area contributed by atoms with Gasteiger partial charge in [0.25, 0.3) is 0 Å². The van der Waals surface area contributed by atoms with Crippen LogP contribution in [0.1, 0.15) is 18.5 Å². The summed E-state index contributed by atoms with van der Waals surface area (Å²) in [7, 11) is 0. The number of halogens is 1. The van der Waals surface area contributed by atoms with Crippen molar-refractivity contribution in [2.45, 2.75) is 13.0 Å². The molecule has 2 rings (SSSR count). The fraction of sp³-hybridized carbons (Fsp3) is 0.154. The van der Waals surface area contributed by atoms with Gasteiger partial charge in [0.2, 0.25) is 0 Å². The van der Waals surface area contributed by atoms with Crippen LogP contribution in [-0.4, -0.2) is 4.98 Å². The van der Waals surface area contributed by atoms with E-state index >= 15 is 0 Å². The van der Waals surface area contributed by atoms with E-state index in [2.05, 4.69) is 29.4 Å². The number of nitrogens with one attached hydrogen (secondary N) is 1. The molecule has 0 fully saturated rings. The number of rotatable bonds is 3. The molecule has 0 spiro atoms. The first-order valence-electron chi connectivity index (χ1n) is 5.39. The second kappa shape index (κ2) is 5.06. The number of nitrogen functional groups attached to an aromatic ring is 1. The zero-order chi connectivity index (χ0) is 12.3. The Morgan fingerprint density at radius 2 is 1.94 bits per heavy atom. The largest absolute Gasteiger partial charge is 0.396 e. The van der Waals surface area contributed by atoms with Gasteiger partial charge in [0, 0.05) is 12.2 Å². The molecule has 0 saturated heterocycles. The van der Waals surface area contributed by atoms with Crippen LogP contribution in [0, 0.1) is 0 Å². The van der Waals surface area contributed by atoms with Crippen molar-refractivity contribution in [2.75, 3.05) is 11.1 Å². The number of anilines is 2. The number of hydrogen-bond acceptors (Lipinski definition) is 3. The topological polar surface area (TPSA) is 50.9 Å². The predicted octanol–water partition coefficient (Wildman–Crippen LogP) is 3.49. The van der Waals surface area contributed by atoms with Crippen molar-refractivity contribution < 1.29 is 0 Å². The first kappa shape index (κ1) is 11.7. The molecular weight excluding hydrogens is 234 g/mol. The summed E-state index contributed by atoms with van der Waals surface area (Å²) in [5.74, 6) is 0. The molecule has 3 nitrogen and oxygen atoms in total. The van der Waals surface area contributed by atoms with Gasteiger partial charge in [0.1, 0.15) is 0 Å². The summed E-state index contributed by atoms with van der Waals surface area (Å²) in [6.45, 7) is 2.06. The minimum Gasteiger partial charge on any atom is -0.396 e. The highest BCUT2D eigenvalue weighted by atomic mass is 35.5. The highest BCUT2D eigenvalue weighted by Crippen LogP contribution is 2.30.